The van der Waals surface area contributed by atoms with Gasteiger partial charge in [0.1, 0.15) is 10.4 Å². The topological polar surface area (TPSA) is 41.1 Å². The van der Waals surface area contributed by atoms with Crippen LogP contribution in [0.4, 0.5) is 0 Å². The molecule has 2 N–H and O–H groups in total. The summed E-state index contributed by atoms with van der Waals surface area (Å²) in [4.78, 5) is 12.8. The molecule has 1 heterocycles. The fourth-order valence-corrected chi connectivity index (χ4v) is 4.63. The fraction of sp³-hybridized carbons (Fsp3) is 0.0455. The van der Waals surface area contributed by atoms with Gasteiger partial charge in [-0.3, -0.25) is 4.79 Å². The van der Waals surface area contributed by atoms with Crippen LogP contribution >= 0.6 is 35.0 Å². The molecule has 1 aliphatic heterocycles. The molecule has 0 saturated carbocycles. The van der Waals surface area contributed by atoms with E-state index in [1.54, 1.807) is 30.0 Å². The van der Waals surface area contributed by atoms with Crippen LogP contribution in [0.5, 0.6) is 0 Å². The lowest BCUT2D eigenvalue weighted by Crippen LogP contribution is -2.22. The van der Waals surface area contributed by atoms with Crippen LogP contribution in [0, 0.1) is 0 Å². The van der Waals surface area contributed by atoms with Crippen LogP contribution in [-0.4, -0.2) is 5.91 Å². The normalized spacial score (nSPS) is 16.0. The number of carbonyl (C=O) groups excluding carboxylic acids is 1. The summed E-state index contributed by atoms with van der Waals surface area (Å²) in [5, 5.41) is 8.18. The maximum absolute atomic E-state index is 12.8. The Morgan fingerprint density at radius 1 is 0.893 bits per heavy atom. The van der Waals surface area contributed by atoms with Crippen molar-refractivity contribution in [2.45, 2.75) is 5.37 Å². The van der Waals surface area contributed by atoms with Crippen molar-refractivity contribution in [1.82, 2.24) is 10.6 Å². The van der Waals surface area contributed by atoms with Crippen molar-refractivity contribution >= 4 is 46.6 Å². The van der Waals surface area contributed by atoms with Gasteiger partial charge in [0.2, 0.25) is 0 Å². The first kappa shape index (κ1) is 18.9. The number of halogens is 2. The molecule has 0 aliphatic carbocycles. The second-order valence-corrected chi connectivity index (χ2v) is 8.22. The maximum atomic E-state index is 12.8. The highest BCUT2D eigenvalue weighted by Crippen LogP contribution is 2.42. The Labute approximate surface area is 177 Å². The van der Waals surface area contributed by atoms with Gasteiger partial charge < -0.3 is 10.6 Å². The minimum atomic E-state index is -0.254. The van der Waals surface area contributed by atoms with E-state index in [4.69, 9.17) is 23.2 Å². The van der Waals surface area contributed by atoms with Crippen molar-refractivity contribution in [2.75, 3.05) is 0 Å². The number of nitrogens with one attached hydrogen (secondary N) is 2. The largest absolute Gasteiger partial charge is 0.367 e. The summed E-state index contributed by atoms with van der Waals surface area (Å²) in [6.07, 6.45) is 0. The molecule has 0 spiro atoms. The van der Waals surface area contributed by atoms with Crippen LogP contribution in [0.15, 0.2) is 83.9 Å². The highest BCUT2D eigenvalue weighted by atomic mass is 35.5. The monoisotopic (exact) mass is 426 g/mol. The summed E-state index contributed by atoms with van der Waals surface area (Å²) < 4.78 is 0. The molecule has 3 nitrogen and oxygen atoms in total. The lowest BCUT2D eigenvalue weighted by Gasteiger charge is -2.12. The molecule has 1 unspecified atom stereocenters. The van der Waals surface area contributed by atoms with E-state index in [9.17, 15) is 4.79 Å². The van der Waals surface area contributed by atoms with Crippen LogP contribution in [0.3, 0.4) is 0 Å². The third-order valence-corrected chi connectivity index (χ3v) is 5.86. The van der Waals surface area contributed by atoms with Crippen LogP contribution in [-0.2, 0) is 0 Å². The van der Waals surface area contributed by atoms with Gasteiger partial charge in [0.25, 0.3) is 5.91 Å². The van der Waals surface area contributed by atoms with Crippen molar-refractivity contribution in [3.8, 4) is 0 Å². The van der Waals surface area contributed by atoms with Gasteiger partial charge in [0.15, 0.2) is 0 Å². The van der Waals surface area contributed by atoms with Crippen molar-refractivity contribution in [2.24, 2.45) is 0 Å². The maximum Gasteiger partial charge on any atom is 0.256 e. The van der Waals surface area contributed by atoms with Crippen molar-refractivity contribution in [3.05, 3.63) is 111 Å². The molecule has 1 atom stereocenters. The molecule has 0 radical (unpaired) electrons. The Morgan fingerprint density at radius 3 is 2.14 bits per heavy atom. The Balaban J connectivity index is 1.65. The zero-order valence-corrected chi connectivity index (χ0v) is 17.0. The van der Waals surface area contributed by atoms with E-state index < -0.39 is 0 Å². The molecule has 1 amide bonds. The second kappa shape index (κ2) is 8.31. The van der Waals surface area contributed by atoms with Crippen LogP contribution < -0.4 is 10.6 Å². The van der Waals surface area contributed by atoms with Gasteiger partial charge in [-0.05, 0) is 23.8 Å². The molecule has 0 bridgehead atoms. The van der Waals surface area contributed by atoms with Gasteiger partial charge in [-0.25, -0.2) is 0 Å². The van der Waals surface area contributed by atoms with Crippen LogP contribution in [0.2, 0.25) is 10.0 Å². The Kier molecular flexibility index (Phi) is 5.62. The zero-order valence-electron chi connectivity index (χ0n) is 14.7. The second-order valence-electron chi connectivity index (χ2n) is 6.24. The molecule has 6 heteroatoms. The summed E-state index contributed by atoms with van der Waals surface area (Å²) in [7, 11) is 0. The van der Waals surface area contributed by atoms with Gasteiger partial charge in [-0.1, -0.05) is 95.6 Å². The van der Waals surface area contributed by atoms with Gasteiger partial charge in [0, 0.05) is 21.2 Å². The van der Waals surface area contributed by atoms with Crippen molar-refractivity contribution < 1.29 is 4.79 Å². The number of amides is 1. The number of rotatable bonds is 4. The van der Waals surface area contributed by atoms with Crippen LogP contribution in [0.25, 0.3) is 5.70 Å². The minimum absolute atomic E-state index is 0.00894. The molecule has 28 heavy (non-hydrogen) atoms. The Bertz CT molecular complexity index is 1020. The van der Waals surface area contributed by atoms with E-state index in [0.29, 0.717) is 15.6 Å². The summed E-state index contributed by atoms with van der Waals surface area (Å²) in [5.41, 5.74) is 3.45. The third-order valence-electron chi connectivity index (χ3n) is 4.25. The fourth-order valence-electron chi connectivity index (χ4n) is 2.95. The highest BCUT2D eigenvalue weighted by molar-refractivity contribution is 8.03. The molecular formula is C22H16Cl2N2OS. The predicted molar refractivity (Wildman–Crippen MR) is 117 cm³/mol. The smallest absolute Gasteiger partial charge is 0.256 e. The molecule has 0 saturated heterocycles. The van der Waals surface area contributed by atoms with Crippen molar-refractivity contribution in [1.29, 1.82) is 0 Å². The van der Waals surface area contributed by atoms with E-state index >= 15 is 0 Å². The first-order valence-corrected chi connectivity index (χ1v) is 10.3. The number of carbonyl (C=O) groups is 1. The number of hydrogen-bond donors (Lipinski definition) is 2. The number of thioether (sulfide) groups is 1. The lowest BCUT2D eigenvalue weighted by atomic mass is 10.1. The molecule has 1 aliphatic rings. The molecule has 4 rings (SSSR count). The van der Waals surface area contributed by atoms with Gasteiger partial charge in [0.05, 0.1) is 5.70 Å². The van der Waals surface area contributed by atoms with Crippen LogP contribution in [0.1, 0.15) is 26.9 Å². The van der Waals surface area contributed by atoms with E-state index in [1.807, 2.05) is 48.5 Å². The molecule has 140 valence electrons. The number of benzene rings is 3. The molecule has 0 fully saturated rings. The quantitative estimate of drug-likeness (QED) is 0.530. The van der Waals surface area contributed by atoms with E-state index in [0.717, 1.165) is 21.9 Å². The van der Waals surface area contributed by atoms with Gasteiger partial charge in [-0.2, -0.15) is 0 Å². The van der Waals surface area contributed by atoms with Gasteiger partial charge in [-0.15, -0.1) is 0 Å². The molecular weight excluding hydrogens is 411 g/mol. The van der Waals surface area contributed by atoms with E-state index in [-0.39, 0.29) is 11.3 Å². The van der Waals surface area contributed by atoms with Gasteiger partial charge >= 0.3 is 0 Å². The minimum Gasteiger partial charge on any atom is -0.367 e. The van der Waals surface area contributed by atoms with Crippen molar-refractivity contribution in [3.63, 3.8) is 0 Å². The molecule has 0 aromatic heterocycles. The summed E-state index contributed by atoms with van der Waals surface area (Å²) in [6.45, 7) is 0. The Morgan fingerprint density at radius 2 is 1.50 bits per heavy atom. The zero-order chi connectivity index (χ0) is 19.5. The summed E-state index contributed by atoms with van der Waals surface area (Å²) in [6, 6.07) is 24.9. The lowest BCUT2D eigenvalue weighted by molar-refractivity contribution is 0.0969. The average Bonchev–Trinajstić information content (AvgIpc) is 3.12. The highest BCUT2D eigenvalue weighted by Gasteiger charge is 2.28. The third kappa shape index (κ3) is 4.20. The summed E-state index contributed by atoms with van der Waals surface area (Å²) >= 11 is 13.7. The summed E-state index contributed by atoms with van der Waals surface area (Å²) in [5.74, 6) is -0.254. The van der Waals surface area contributed by atoms with E-state index in [1.165, 1.54) is 0 Å². The molecule has 3 aromatic carbocycles. The standard InChI is InChI=1S/C22H16Cl2N2OS/c23-17-11-16(12-18(24)13-17)20(27)26-22-19(14-7-3-1-4-8-14)25-21(28-22)15-9-5-2-6-10-15/h1-13,21,25H,(H,26,27). The van der Waals surface area contributed by atoms with E-state index in [2.05, 4.69) is 22.8 Å². The first-order valence-electron chi connectivity index (χ1n) is 8.65. The molecule has 3 aromatic rings. The average molecular weight is 427 g/mol. The number of hydrogen-bond acceptors (Lipinski definition) is 3. The Hall–Kier alpha value is -2.40. The SMILES string of the molecule is O=C(NC1=C(c2ccccc2)NC(c2ccccc2)S1)c1cc(Cl)cc(Cl)c1. The first-order chi connectivity index (χ1) is 13.6. The predicted octanol–water partition coefficient (Wildman–Crippen LogP) is 6.08.